The molecule has 1 aromatic rings. The first-order valence-electron chi connectivity index (χ1n) is 4.62. The Morgan fingerprint density at radius 3 is 2.44 bits per heavy atom. The summed E-state index contributed by atoms with van der Waals surface area (Å²) in [4.78, 5) is 0. The number of ether oxygens (including phenoxy) is 2. The van der Waals surface area contributed by atoms with Crippen molar-refractivity contribution in [2.24, 2.45) is 0 Å². The second-order valence-electron chi connectivity index (χ2n) is 3.25. The highest BCUT2D eigenvalue weighted by Gasteiger charge is 2.10. The SMILES string of the molecule is COc1cccc(CNS(C)(=O)=O)c1OC. The molecule has 0 bridgehead atoms. The Bertz CT molecular complexity index is 456. The third-order valence-corrected chi connectivity index (χ3v) is 2.68. The minimum absolute atomic E-state index is 0.180. The van der Waals surface area contributed by atoms with Crippen LogP contribution in [0.15, 0.2) is 18.2 Å². The van der Waals surface area contributed by atoms with Gasteiger partial charge in [0, 0.05) is 12.1 Å². The molecule has 1 N–H and O–H groups in total. The smallest absolute Gasteiger partial charge is 0.209 e. The van der Waals surface area contributed by atoms with Gasteiger partial charge in [-0.2, -0.15) is 0 Å². The molecule has 5 nitrogen and oxygen atoms in total. The lowest BCUT2D eigenvalue weighted by atomic mass is 10.2. The third kappa shape index (κ3) is 3.39. The molecule has 0 unspecified atom stereocenters. The molecule has 0 saturated carbocycles. The molecular weight excluding hydrogens is 230 g/mol. The number of rotatable bonds is 5. The summed E-state index contributed by atoms with van der Waals surface area (Å²) in [5.74, 6) is 1.12. The summed E-state index contributed by atoms with van der Waals surface area (Å²) >= 11 is 0. The number of hydrogen-bond donors (Lipinski definition) is 1. The Morgan fingerprint density at radius 1 is 1.25 bits per heavy atom. The van der Waals surface area contributed by atoms with Crippen LogP contribution in [0.4, 0.5) is 0 Å². The zero-order valence-corrected chi connectivity index (χ0v) is 10.3. The van der Waals surface area contributed by atoms with Gasteiger partial charge in [0.25, 0.3) is 0 Å². The largest absolute Gasteiger partial charge is 0.493 e. The monoisotopic (exact) mass is 245 g/mol. The second kappa shape index (κ2) is 5.18. The number of hydrogen-bond acceptors (Lipinski definition) is 4. The minimum Gasteiger partial charge on any atom is -0.493 e. The van der Waals surface area contributed by atoms with E-state index >= 15 is 0 Å². The molecule has 0 aliphatic carbocycles. The molecule has 0 heterocycles. The van der Waals surface area contributed by atoms with Gasteiger partial charge in [-0.3, -0.25) is 0 Å². The van der Waals surface area contributed by atoms with E-state index in [2.05, 4.69) is 4.72 Å². The van der Waals surface area contributed by atoms with Crippen molar-refractivity contribution in [1.82, 2.24) is 4.72 Å². The summed E-state index contributed by atoms with van der Waals surface area (Å²) in [5, 5.41) is 0. The zero-order valence-electron chi connectivity index (χ0n) is 9.48. The van der Waals surface area contributed by atoms with E-state index in [0.29, 0.717) is 11.5 Å². The van der Waals surface area contributed by atoms with E-state index in [1.165, 1.54) is 14.2 Å². The minimum atomic E-state index is -3.21. The van der Waals surface area contributed by atoms with Gasteiger partial charge in [-0.05, 0) is 6.07 Å². The van der Waals surface area contributed by atoms with E-state index in [-0.39, 0.29) is 6.54 Å². The number of methoxy groups -OCH3 is 2. The van der Waals surface area contributed by atoms with Gasteiger partial charge in [0.2, 0.25) is 10.0 Å². The lowest BCUT2D eigenvalue weighted by molar-refractivity contribution is 0.351. The highest BCUT2D eigenvalue weighted by molar-refractivity contribution is 7.88. The maximum atomic E-state index is 11.0. The van der Waals surface area contributed by atoms with Crippen molar-refractivity contribution >= 4 is 10.0 Å². The molecule has 0 saturated heterocycles. The molecule has 0 aliphatic heterocycles. The van der Waals surface area contributed by atoms with Crippen LogP contribution in [-0.4, -0.2) is 28.9 Å². The van der Waals surface area contributed by atoms with Crippen LogP contribution in [-0.2, 0) is 16.6 Å². The fourth-order valence-corrected chi connectivity index (χ4v) is 1.72. The summed E-state index contributed by atoms with van der Waals surface area (Å²) in [6.07, 6.45) is 1.11. The fourth-order valence-electron chi connectivity index (χ4n) is 1.30. The Labute approximate surface area is 95.4 Å². The molecule has 90 valence electrons. The standard InChI is InChI=1S/C10H15NO4S/c1-14-9-6-4-5-8(10(9)15-2)7-11-16(3,12)13/h4-6,11H,7H2,1-3H3. The molecule has 0 radical (unpaired) electrons. The van der Waals surface area contributed by atoms with Crippen LogP contribution in [0, 0.1) is 0 Å². The van der Waals surface area contributed by atoms with E-state index < -0.39 is 10.0 Å². The van der Waals surface area contributed by atoms with Gasteiger partial charge in [0.1, 0.15) is 0 Å². The van der Waals surface area contributed by atoms with Crippen molar-refractivity contribution in [3.8, 4) is 11.5 Å². The average Bonchev–Trinajstić information content (AvgIpc) is 2.24. The predicted octanol–water partition coefficient (Wildman–Crippen LogP) is 0.753. The average molecular weight is 245 g/mol. The topological polar surface area (TPSA) is 64.6 Å². The number of benzene rings is 1. The zero-order chi connectivity index (χ0) is 12.2. The van der Waals surface area contributed by atoms with E-state index in [1.54, 1.807) is 18.2 Å². The first kappa shape index (κ1) is 12.8. The van der Waals surface area contributed by atoms with Gasteiger partial charge in [-0.15, -0.1) is 0 Å². The number of nitrogens with one attached hydrogen (secondary N) is 1. The number of para-hydroxylation sites is 1. The summed E-state index contributed by atoms with van der Waals surface area (Å²) in [6.45, 7) is 0.180. The number of sulfonamides is 1. The first-order valence-corrected chi connectivity index (χ1v) is 6.51. The first-order chi connectivity index (χ1) is 7.48. The van der Waals surface area contributed by atoms with E-state index in [9.17, 15) is 8.42 Å². The Balaban J connectivity index is 2.95. The van der Waals surface area contributed by atoms with Crippen LogP contribution in [0.1, 0.15) is 5.56 Å². The van der Waals surface area contributed by atoms with Crippen LogP contribution < -0.4 is 14.2 Å². The maximum absolute atomic E-state index is 11.0. The molecule has 0 fully saturated rings. The Kier molecular flexibility index (Phi) is 4.14. The van der Waals surface area contributed by atoms with Crippen molar-refractivity contribution in [2.45, 2.75) is 6.54 Å². The predicted molar refractivity (Wildman–Crippen MR) is 61.2 cm³/mol. The molecule has 0 aromatic heterocycles. The molecule has 1 rings (SSSR count). The van der Waals surface area contributed by atoms with Gasteiger partial charge in [0.05, 0.1) is 20.5 Å². The Morgan fingerprint density at radius 2 is 1.94 bits per heavy atom. The van der Waals surface area contributed by atoms with Gasteiger partial charge in [-0.25, -0.2) is 13.1 Å². The summed E-state index contributed by atoms with van der Waals surface area (Å²) in [5.41, 5.74) is 0.729. The summed E-state index contributed by atoms with van der Waals surface area (Å²) < 4.78 is 34.6. The second-order valence-corrected chi connectivity index (χ2v) is 5.08. The van der Waals surface area contributed by atoms with Crippen LogP contribution in [0.3, 0.4) is 0 Å². The molecule has 0 atom stereocenters. The lowest BCUT2D eigenvalue weighted by Crippen LogP contribution is -2.21. The molecular formula is C10H15NO4S. The van der Waals surface area contributed by atoms with Crippen LogP contribution >= 0.6 is 0 Å². The quantitative estimate of drug-likeness (QED) is 0.831. The van der Waals surface area contributed by atoms with Gasteiger partial charge in [0.15, 0.2) is 11.5 Å². The van der Waals surface area contributed by atoms with E-state index in [1.807, 2.05) is 0 Å². The highest BCUT2D eigenvalue weighted by atomic mass is 32.2. The van der Waals surface area contributed by atoms with E-state index in [4.69, 9.17) is 9.47 Å². The van der Waals surface area contributed by atoms with Crippen LogP contribution in [0.2, 0.25) is 0 Å². The highest BCUT2D eigenvalue weighted by Crippen LogP contribution is 2.30. The summed E-state index contributed by atoms with van der Waals surface area (Å²) in [6, 6.07) is 5.31. The van der Waals surface area contributed by atoms with Crippen molar-refractivity contribution in [3.05, 3.63) is 23.8 Å². The van der Waals surface area contributed by atoms with Gasteiger partial charge < -0.3 is 9.47 Å². The van der Waals surface area contributed by atoms with Crippen LogP contribution in [0.25, 0.3) is 0 Å². The summed E-state index contributed by atoms with van der Waals surface area (Å²) in [7, 11) is -0.164. The molecule has 0 spiro atoms. The third-order valence-electron chi connectivity index (χ3n) is 2.01. The normalized spacial score (nSPS) is 11.2. The van der Waals surface area contributed by atoms with Gasteiger partial charge >= 0.3 is 0 Å². The lowest BCUT2D eigenvalue weighted by Gasteiger charge is -2.12. The van der Waals surface area contributed by atoms with Crippen molar-refractivity contribution < 1.29 is 17.9 Å². The molecule has 6 heteroatoms. The van der Waals surface area contributed by atoms with Gasteiger partial charge in [-0.1, -0.05) is 12.1 Å². The molecule has 16 heavy (non-hydrogen) atoms. The van der Waals surface area contributed by atoms with Crippen molar-refractivity contribution in [3.63, 3.8) is 0 Å². The van der Waals surface area contributed by atoms with Crippen molar-refractivity contribution in [2.75, 3.05) is 20.5 Å². The Hall–Kier alpha value is -1.27. The maximum Gasteiger partial charge on any atom is 0.209 e. The molecule has 0 amide bonds. The molecule has 0 aliphatic rings. The fraction of sp³-hybridized carbons (Fsp3) is 0.400. The molecule has 1 aromatic carbocycles. The van der Waals surface area contributed by atoms with Crippen LogP contribution in [0.5, 0.6) is 11.5 Å². The van der Waals surface area contributed by atoms with Crippen molar-refractivity contribution in [1.29, 1.82) is 0 Å². The van der Waals surface area contributed by atoms with E-state index in [0.717, 1.165) is 11.8 Å².